The second-order valence-electron chi connectivity index (χ2n) is 8.17. The van der Waals surface area contributed by atoms with Gasteiger partial charge in [-0.3, -0.25) is 4.79 Å². The highest BCUT2D eigenvalue weighted by atomic mass is 32.2. The normalized spacial score (nSPS) is 15.5. The Morgan fingerprint density at radius 1 is 1.16 bits per heavy atom. The van der Waals surface area contributed by atoms with Crippen molar-refractivity contribution in [1.29, 1.82) is 0 Å². The summed E-state index contributed by atoms with van der Waals surface area (Å²) in [7, 11) is -2.07. The lowest BCUT2D eigenvalue weighted by Gasteiger charge is -2.32. The zero-order valence-electron chi connectivity index (χ0n) is 18.2. The number of aliphatic carboxylic acids is 1. The van der Waals surface area contributed by atoms with Crippen LogP contribution in [0.15, 0.2) is 53.4 Å². The van der Waals surface area contributed by atoms with Gasteiger partial charge in [0.15, 0.2) is 0 Å². The third-order valence-corrected chi connectivity index (χ3v) is 7.25. The van der Waals surface area contributed by atoms with Crippen molar-refractivity contribution in [1.82, 2.24) is 4.31 Å². The zero-order valence-corrected chi connectivity index (χ0v) is 19.0. The van der Waals surface area contributed by atoms with Gasteiger partial charge in [0.25, 0.3) is 0 Å². The lowest BCUT2D eigenvalue weighted by molar-refractivity contribution is -0.142. The molecular formula is C23H30N2O5S. The fourth-order valence-electron chi connectivity index (χ4n) is 3.72. The minimum absolute atomic E-state index is 0.0207. The summed E-state index contributed by atoms with van der Waals surface area (Å²) in [4.78, 5) is 13.5. The SMILES string of the molecule is CC(C)Oc1ccc(S(=O)(=O)N(C)Cc2cccc(N3CCC(C(=O)O)CC3)c2)cc1. The standard InChI is InChI=1S/C23H30N2O5S/c1-17(2)30-21-7-9-22(10-8-21)31(28,29)24(3)16-18-5-4-6-20(15-18)25-13-11-19(12-14-25)23(26)27/h4-10,15,17,19H,11-14,16H2,1-3H3,(H,26,27). The van der Waals surface area contributed by atoms with Crippen molar-refractivity contribution in [3.63, 3.8) is 0 Å². The van der Waals surface area contributed by atoms with E-state index >= 15 is 0 Å². The van der Waals surface area contributed by atoms with Crippen molar-refractivity contribution in [2.45, 2.75) is 44.2 Å². The summed E-state index contributed by atoms with van der Waals surface area (Å²) in [6.45, 7) is 5.44. The molecule has 168 valence electrons. The maximum Gasteiger partial charge on any atom is 0.306 e. The van der Waals surface area contributed by atoms with E-state index in [0.717, 1.165) is 11.3 Å². The molecule has 1 aliphatic rings. The van der Waals surface area contributed by atoms with E-state index in [1.54, 1.807) is 31.3 Å². The number of sulfonamides is 1. The van der Waals surface area contributed by atoms with Crippen LogP contribution in [0.25, 0.3) is 0 Å². The summed E-state index contributed by atoms with van der Waals surface area (Å²) in [5.41, 5.74) is 1.87. The van der Waals surface area contributed by atoms with Crippen LogP contribution in [0.5, 0.6) is 5.75 Å². The molecule has 1 N–H and O–H groups in total. The molecule has 1 fully saturated rings. The monoisotopic (exact) mass is 446 g/mol. The quantitative estimate of drug-likeness (QED) is 0.667. The van der Waals surface area contributed by atoms with E-state index in [0.29, 0.717) is 31.7 Å². The molecule has 0 unspecified atom stereocenters. The van der Waals surface area contributed by atoms with E-state index in [-0.39, 0.29) is 23.5 Å². The number of benzene rings is 2. The Kier molecular flexibility index (Phi) is 7.23. The Morgan fingerprint density at radius 2 is 1.81 bits per heavy atom. The number of piperidine rings is 1. The van der Waals surface area contributed by atoms with Crippen LogP contribution < -0.4 is 9.64 Å². The molecule has 3 rings (SSSR count). The first-order valence-electron chi connectivity index (χ1n) is 10.5. The predicted octanol–water partition coefficient (Wildman–Crippen LogP) is 3.60. The molecule has 7 nitrogen and oxygen atoms in total. The van der Waals surface area contributed by atoms with Crippen LogP contribution in [0.1, 0.15) is 32.3 Å². The molecule has 1 aliphatic heterocycles. The minimum atomic E-state index is -3.64. The van der Waals surface area contributed by atoms with Crippen LogP contribution in [0, 0.1) is 5.92 Å². The Balaban J connectivity index is 1.68. The summed E-state index contributed by atoms with van der Waals surface area (Å²) in [6, 6.07) is 14.2. The van der Waals surface area contributed by atoms with Gasteiger partial charge in [0.05, 0.1) is 16.9 Å². The highest BCUT2D eigenvalue weighted by Crippen LogP contribution is 2.26. The molecule has 0 amide bonds. The molecule has 1 saturated heterocycles. The molecule has 0 spiro atoms. The second kappa shape index (κ2) is 9.70. The number of carboxylic acid groups (broad SMARTS) is 1. The van der Waals surface area contributed by atoms with Gasteiger partial charge < -0.3 is 14.7 Å². The number of carbonyl (C=O) groups is 1. The number of carboxylic acids is 1. The van der Waals surface area contributed by atoms with Crippen molar-refractivity contribution < 1.29 is 23.1 Å². The first-order valence-corrected chi connectivity index (χ1v) is 11.9. The fourth-order valence-corrected chi connectivity index (χ4v) is 4.88. The Morgan fingerprint density at radius 3 is 2.39 bits per heavy atom. The van der Waals surface area contributed by atoms with E-state index in [1.165, 1.54) is 4.31 Å². The van der Waals surface area contributed by atoms with Gasteiger partial charge in [-0.1, -0.05) is 12.1 Å². The Labute approximate surface area is 184 Å². The maximum absolute atomic E-state index is 13.0. The molecule has 0 radical (unpaired) electrons. The Bertz CT molecular complexity index is 997. The van der Waals surface area contributed by atoms with Crippen molar-refractivity contribution in [2.24, 2.45) is 5.92 Å². The first kappa shape index (κ1) is 23.1. The molecule has 2 aromatic rings. The highest BCUT2D eigenvalue weighted by molar-refractivity contribution is 7.89. The number of hydrogen-bond donors (Lipinski definition) is 1. The molecular weight excluding hydrogens is 416 g/mol. The molecule has 0 atom stereocenters. The molecule has 1 heterocycles. The van der Waals surface area contributed by atoms with Crippen LogP contribution in [-0.2, 0) is 21.4 Å². The summed E-state index contributed by atoms with van der Waals surface area (Å²) in [6.07, 6.45) is 1.25. The number of nitrogens with zero attached hydrogens (tertiary/aromatic N) is 2. The third-order valence-electron chi connectivity index (χ3n) is 5.43. The van der Waals surface area contributed by atoms with Gasteiger partial charge in [0.1, 0.15) is 5.75 Å². The molecule has 0 aromatic heterocycles. The van der Waals surface area contributed by atoms with Gasteiger partial charge in [-0.15, -0.1) is 0 Å². The molecule has 31 heavy (non-hydrogen) atoms. The predicted molar refractivity (Wildman–Crippen MR) is 120 cm³/mol. The van der Waals surface area contributed by atoms with Gasteiger partial charge in [0, 0.05) is 32.4 Å². The van der Waals surface area contributed by atoms with Gasteiger partial charge in [-0.2, -0.15) is 4.31 Å². The van der Waals surface area contributed by atoms with Gasteiger partial charge in [-0.05, 0) is 68.7 Å². The Hall–Kier alpha value is -2.58. The maximum atomic E-state index is 13.0. The average molecular weight is 447 g/mol. The average Bonchev–Trinajstić information content (AvgIpc) is 2.74. The molecule has 8 heteroatoms. The van der Waals surface area contributed by atoms with Crippen LogP contribution in [-0.4, -0.2) is 50.0 Å². The topological polar surface area (TPSA) is 87.2 Å². The van der Waals surface area contributed by atoms with Gasteiger partial charge in [0.2, 0.25) is 10.0 Å². The number of anilines is 1. The number of ether oxygens (including phenoxy) is 1. The van der Waals surface area contributed by atoms with Crippen molar-refractivity contribution >= 4 is 21.7 Å². The van der Waals surface area contributed by atoms with E-state index in [1.807, 2.05) is 38.1 Å². The van der Waals surface area contributed by atoms with Crippen molar-refractivity contribution in [2.75, 3.05) is 25.0 Å². The minimum Gasteiger partial charge on any atom is -0.491 e. The van der Waals surface area contributed by atoms with Crippen molar-refractivity contribution in [3.05, 3.63) is 54.1 Å². The van der Waals surface area contributed by atoms with Crippen LogP contribution in [0.3, 0.4) is 0 Å². The number of rotatable bonds is 8. The molecule has 0 aliphatic carbocycles. The molecule has 0 bridgehead atoms. The summed E-state index contributed by atoms with van der Waals surface area (Å²) in [5, 5.41) is 9.17. The summed E-state index contributed by atoms with van der Waals surface area (Å²) < 4.78 is 32.9. The van der Waals surface area contributed by atoms with Gasteiger partial charge in [-0.25, -0.2) is 8.42 Å². The zero-order chi connectivity index (χ0) is 22.6. The number of hydrogen-bond acceptors (Lipinski definition) is 5. The van der Waals surface area contributed by atoms with E-state index in [9.17, 15) is 18.3 Å². The van der Waals surface area contributed by atoms with Gasteiger partial charge >= 0.3 is 5.97 Å². The van der Waals surface area contributed by atoms with E-state index < -0.39 is 16.0 Å². The lowest BCUT2D eigenvalue weighted by atomic mass is 9.96. The van der Waals surface area contributed by atoms with Crippen LogP contribution in [0.4, 0.5) is 5.69 Å². The lowest BCUT2D eigenvalue weighted by Crippen LogP contribution is -2.36. The molecule has 2 aromatic carbocycles. The summed E-state index contributed by atoms with van der Waals surface area (Å²) in [5.74, 6) is -0.381. The van der Waals surface area contributed by atoms with E-state index in [2.05, 4.69) is 4.90 Å². The largest absolute Gasteiger partial charge is 0.491 e. The van der Waals surface area contributed by atoms with E-state index in [4.69, 9.17) is 4.74 Å². The van der Waals surface area contributed by atoms with Crippen LogP contribution >= 0.6 is 0 Å². The highest BCUT2D eigenvalue weighted by Gasteiger charge is 2.25. The smallest absolute Gasteiger partial charge is 0.306 e. The fraction of sp³-hybridized carbons (Fsp3) is 0.435. The molecule has 0 saturated carbocycles. The first-order chi connectivity index (χ1) is 14.7. The second-order valence-corrected chi connectivity index (χ2v) is 10.2. The van der Waals surface area contributed by atoms with Crippen LogP contribution in [0.2, 0.25) is 0 Å². The third kappa shape index (κ3) is 5.77. The van der Waals surface area contributed by atoms with Crippen molar-refractivity contribution in [3.8, 4) is 5.75 Å². The summed E-state index contributed by atoms with van der Waals surface area (Å²) >= 11 is 0.